The van der Waals surface area contributed by atoms with E-state index in [4.69, 9.17) is 4.74 Å². The summed E-state index contributed by atoms with van der Waals surface area (Å²) in [6.45, 7) is 8.00. The average molecular weight is 342 g/mol. The van der Waals surface area contributed by atoms with Gasteiger partial charge in [-0.3, -0.25) is 0 Å². The summed E-state index contributed by atoms with van der Waals surface area (Å²) in [6.07, 6.45) is 13.9. The Balaban J connectivity index is 3.18. The lowest BCUT2D eigenvalue weighted by Crippen LogP contribution is -2.32. The Morgan fingerprint density at radius 3 is 1.58 bits per heavy atom. The Kier molecular flexibility index (Phi) is 13.7. The maximum atomic E-state index is 11.4. The van der Waals surface area contributed by atoms with Gasteiger partial charge in [0.25, 0.3) is 0 Å². The number of ether oxygens (including phenoxy) is 1. The van der Waals surface area contributed by atoms with Crippen LogP contribution in [0.1, 0.15) is 105 Å². The van der Waals surface area contributed by atoms with Crippen LogP contribution in [0, 0.1) is 0 Å². The molecular formula is C20H39NO3. The second-order valence-electron chi connectivity index (χ2n) is 7.77. The summed E-state index contributed by atoms with van der Waals surface area (Å²) in [5, 5.41) is 2.80. The molecule has 0 aliphatic rings. The van der Waals surface area contributed by atoms with E-state index in [1.807, 2.05) is 20.8 Å². The summed E-state index contributed by atoms with van der Waals surface area (Å²) in [7, 11) is 0. The van der Waals surface area contributed by atoms with Gasteiger partial charge in [0.05, 0.1) is 0 Å². The SMILES string of the molecule is CC(=O)CCCCCCCCCCCCCNC(=O)OC(C)(C)C. The summed E-state index contributed by atoms with van der Waals surface area (Å²) >= 11 is 0. The van der Waals surface area contributed by atoms with Crippen LogP contribution in [0.4, 0.5) is 4.79 Å². The highest BCUT2D eigenvalue weighted by Crippen LogP contribution is 2.12. The van der Waals surface area contributed by atoms with Gasteiger partial charge in [0.15, 0.2) is 0 Å². The van der Waals surface area contributed by atoms with Crippen LogP contribution in [-0.4, -0.2) is 24.0 Å². The van der Waals surface area contributed by atoms with Crippen molar-refractivity contribution in [2.75, 3.05) is 6.54 Å². The smallest absolute Gasteiger partial charge is 0.407 e. The summed E-state index contributed by atoms with van der Waals surface area (Å²) in [6, 6.07) is 0. The zero-order valence-corrected chi connectivity index (χ0v) is 16.4. The second-order valence-corrected chi connectivity index (χ2v) is 7.77. The first-order valence-electron chi connectivity index (χ1n) is 9.77. The molecule has 0 spiro atoms. The number of carbonyl (C=O) groups excluding carboxylic acids is 2. The molecule has 0 bridgehead atoms. The van der Waals surface area contributed by atoms with Crippen molar-refractivity contribution in [3.63, 3.8) is 0 Å². The fraction of sp³-hybridized carbons (Fsp3) is 0.900. The molecule has 0 atom stereocenters. The number of hydrogen-bond donors (Lipinski definition) is 1. The molecule has 0 aromatic heterocycles. The normalized spacial score (nSPS) is 11.3. The third-order valence-corrected chi connectivity index (χ3v) is 3.87. The van der Waals surface area contributed by atoms with Gasteiger partial charge >= 0.3 is 6.09 Å². The van der Waals surface area contributed by atoms with Crippen LogP contribution in [-0.2, 0) is 9.53 Å². The number of carbonyl (C=O) groups is 2. The predicted octanol–water partition coefficient (Wildman–Crippen LogP) is 5.78. The highest BCUT2D eigenvalue weighted by Gasteiger charge is 2.15. The number of unbranched alkanes of at least 4 members (excludes halogenated alkanes) is 10. The van der Waals surface area contributed by atoms with Crippen LogP contribution in [0.2, 0.25) is 0 Å². The molecule has 1 N–H and O–H groups in total. The van der Waals surface area contributed by atoms with Gasteiger partial charge in [0.1, 0.15) is 11.4 Å². The third-order valence-electron chi connectivity index (χ3n) is 3.87. The number of hydrogen-bond acceptors (Lipinski definition) is 3. The Morgan fingerprint density at radius 1 is 0.750 bits per heavy atom. The maximum absolute atomic E-state index is 11.4. The molecule has 0 aromatic rings. The van der Waals surface area contributed by atoms with Crippen molar-refractivity contribution in [2.45, 2.75) is 110 Å². The average Bonchev–Trinajstić information content (AvgIpc) is 2.45. The molecule has 1 amide bonds. The Morgan fingerprint density at radius 2 is 1.17 bits per heavy atom. The molecule has 24 heavy (non-hydrogen) atoms. The van der Waals surface area contributed by atoms with Gasteiger partial charge in [0.2, 0.25) is 0 Å². The van der Waals surface area contributed by atoms with Gasteiger partial charge in [-0.05, 0) is 40.5 Å². The molecule has 4 nitrogen and oxygen atoms in total. The van der Waals surface area contributed by atoms with Crippen LogP contribution >= 0.6 is 0 Å². The summed E-state index contributed by atoms with van der Waals surface area (Å²) < 4.78 is 5.19. The Labute approximate surface area is 149 Å². The Hall–Kier alpha value is -1.06. The molecule has 0 unspecified atom stereocenters. The standard InChI is InChI=1S/C20H39NO3/c1-18(22)16-14-12-10-8-6-5-7-9-11-13-15-17-21-19(23)24-20(2,3)4/h5-17H2,1-4H3,(H,21,23). The number of rotatable bonds is 14. The number of alkyl carbamates (subject to hydrolysis) is 1. The van der Waals surface area contributed by atoms with E-state index in [1.165, 1.54) is 57.8 Å². The number of ketones is 1. The van der Waals surface area contributed by atoms with E-state index >= 15 is 0 Å². The fourth-order valence-corrected chi connectivity index (χ4v) is 2.59. The van der Waals surface area contributed by atoms with Gasteiger partial charge in [-0.15, -0.1) is 0 Å². The highest BCUT2D eigenvalue weighted by atomic mass is 16.6. The second kappa shape index (κ2) is 14.3. The quantitative estimate of drug-likeness (QED) is 0.407. The van der Waals surface area contributed by atoms with E-state index in [9.17, 15) is 9.59 Å². The van der Waals surface area contributed by atoms with Crippen molar-refractivity contribution in [3.05, 3.63) is 0 Å². The first-order chi connectivity index (χ1) is 11.3. The topological polar surface area (TPSA) is 55.4 Å². The van der Waals surface area contributed by atoms with Gasteiger partial charge in [-0.2, -0.15) is 0 Å². The van der Waals surface area contributed by atoms with E-state index in [1.54, 1.807) is 6.92 Å². The molecule has 0 saturated heterocycles. The monoisotopic (exact) mass is 341 g/mol. The van der Waals surface area contributed by atoms with Crippen molar-refractivity contribution in [3.8, 4) is 0 Å². The van der Waals surface area contributed by atoms with Crippen molar-refractivity contribution in [1.82, 2.24) is 5.32 Å². The number of Topliss-reactive ketones (excluding diaryl/α,β-unsaturated/α-hetero) is 1. The van der Waals surface area contributed by atoms with Gasteiger partial charge < -0.3 is 14.8 Å². The first-order valence-corrected chi connectivity index (χ1v) is 9.77. The lowest BCUT2D eigenvalue weighted by Gasteiger charge is -2.19. The third kappa shape index (κ3) is 19.0. The predicted molar refractivity (Wildman–Crippen MR) is 100 cm³/mol. The van der Waals surface area contributed by atoms with E-state index < -0.39 is 5.60 Å². The molecule has 0 radical (unpaired) electrons. The summed E-state index contributed by atoms with van der Waals surface area (Å²) in [4.78, 5) is 22.2. The maximum Gasteiger partial charge on any atom is 0.407 e. The van der Waals surface area contributed by atoms with Crippen LogP contribution in [0.15, 0.2) is 0 Å². The zero-order chi connectivity index (χ0) is 18.3. The Bertz CT molecular complexity index is 334. The molecule has 142 valence electrons. The minimum absolute atomic E-state index is 0.314. The zero-order valence-electron chi connectivity index (χ0n) is 16.4. The molecule has 0 fully saturated rings. The van der Waals surface area contributed by atoms with E-state index in [-0.39, 0.29) is 6.09 Å². The van der Waals surface area contributed by atoms with Crippen molar-refractivity contribution in [2.24, 2.45) is 0 Å². The van der Waals surface area contributed by atoms with Crippen LogP contribution in [0.25, 0.3) is 0 Å². The van der Waals surface area contributed by atoms with Gasteiger partial charge in [0, 0.05) is 13.0 Å². The summed E-state index contributed by atoms with van der Waals surface area (Å²) in [5.74, 6) is 0.316. The first kappa shape index (κ1) is 22.9. The van der Waals surface area contributed by atoms with Crippen LogP contribution in [0.5, 0.6) is 0 Å². The molecule has 0 aliphatic carbocycles. The largest absolute Gasteiger partial charge is 0.444 e. The molecule has 0 rings (SSSR count). The molecule has 4 heteroatoms. The van der Waals surface area contributed by atoms with E-state index in [2.05, 4.69) is 5.32 Å². The molecule has 0 aromatic carbocycles. The summed E-state index contributed by atoms with van der Waals surface area (Å²) in [5.41, 5.74) is -0.419. The molecule has 0 aliphatic heterocycles. The lowest BCUT2D eigenvalue weighted by molar-refractivity contribution is -0.117. The highest BCUT2D eigenvalue weighted by molar-refractivity contribution is 5.75. The molecule has 0 saturated carbocycles. The van der Waals surface area contributed by atoms with Gasteiger partial charge in [-0.25, -0.2) is 4.79 Å². The van der Waals surface area contributed by atoms with Crippen LogP contribution < -0.4 is 5.32 Å². The van der Waals surface area contributed by atoms with Crippen molar-refractivity contribution in [1.29, 1.82) is 0 Å². The number of amides is 1. The van der Waals surface area contributed by atoms with Crippen molar-refractivity contribution >= 4 is 11.9 Å². The minimum Gasteiger partial charge on any atom is -0.444 e. The van der Waals surface area contributed by atoms with Gasteiger partial charge in [-0.1, -0.05) is 57.8 Å². The fourth-order valence-electron chi connectivity index (χ4n) is 2.59. The van der Waals surface area contributed by atoms with E-state index in [0.29, 0.717) is 12.3 Å². The van der Waals surface area contributed by atoms with Crippen LogP contribution in [0.3, 0.4) is 0 Å². The molecular weight excluding hydrogens is 302 g/mol. The van der Waals surface area contributed by atoms with E-state index in [0.717, 1.165) is 19.3 Å². The lowest BCUT2D eigenvalue weighted by atomic mass is 10.0. The van der Waals surface area contributed by atoms with Crippen molar-refractivity contribution < 1.29 is 14.3 Å². The molecule has 0 heterocycles. The number of nitrogens with one attached hydrogen (secondary N) is 1. The minimum atomic E-state index is -0.419.